The van der Waals surface area contributed by atoms with Gasteiger partial charge in [0.25, 0.3) is 5.69 Å². The third-order valence-corrected chi connectivity index (χ3v) is 4.39. The van der Waals surface area contributed by atoms with Gasteiger partial charge in [0.2, 0.25) is 11.9 Å². The SMILES string of the molecule is COc1cc([N+](=O)[O-])ccc1Nc1ncc(Cl)c(NCc2ccccc2C(N)=O)n1. The van der Waals surface area contributed by atoms with Crippen molar-refractivity contribution in [2.24, 2.45) is 5.73 Å². The molecule has 10 nitrogen and oxygen atoms in total. The third-order valence-electron chi connectivity index (χ3n) is 4.12. The van der Waals surface area contributed by atoms with Crippen LogP contribution in [0.2, 0.25) is 5.02 Å². The molecule has 0 radical (unpaired) electrons. The first-order valence-electron chi connectivity index (χ1n) is 8.62. The quantitative estimate of drug-likeness (QED) is 0.365. The summed E-state index contributed by atoms with van der Waals surface area (Å²) in [6, 6.07) is 11.0. The summed E-state index contributed by atoms with van der Waals surface area (Å²) in [4.78, 5) is 30.4. The summed E-state index contributed by atoms with van der Waals surface area (Å²) in [5, 5.41) is 17.2. The van der Waals surface area contributed by atoms with Gasteiger partial charge in [0.05, 0.1) is 30.0 Å². The molecule has 0 aliphatic carbocycles. The van der Waals surface area contributed by atoms with Crippen molar-refractivity contribution in [3.63, 3.8) is 0 Å². The van der Waals surface area contributed by atoms with Crippen LogP contribution in [0.1, 0.15) is 15.9 Å². The zero-order valence-corrected chi connectivity index (χ0v) is 16.5. The molecular formula is C19H17ClN6O4. The highest BCUT2D eigenvalue weighted by atomic mass is 35.5. The van der Waals surface area contributed by atoms with Crippen LogP contribution in [0.15, 0.2) is 48.7 Å². The van der Waals surface area contributed by atoms with Crippen LogP contribution in [0.3, 0.4) is 0 Å². The molecule has 3 aromatic rings. The second kappa shape index (κ2) is 9.05. The number of nitro groups is 1. The lowest BCUT2D eigenvalue weighted by molar-refractivity contribution is -0.384. The predicted octanol–water partition coefficient (Wildman–Crippen LogP) is 3.50. The van der Waals surface area contributed by atoms with E-state index in [1.165, 1.54) is 31.5 Å². The number of hydrogen-bond donors (Lipinski definition) is 3. The highest BCUT2D eigenvalue weighted by molar-refractivity contribution is 6.32. The normalized spacial score (nSPS) is 10.3. The fourth-order valence-electron chi connectivity index (χ4n) is 2.66. The maximum atomic E-state index is 11.6. The average Bonchev–Trinajstić information content (AvgIpc) is 2.74. The first kappa shape index (κ1) is 20.8. The topological polar surface area (TPSA) is 145 Å². The van der Waals surface area contributed by atoms with E-state index in [1.807, 2.05) is 0 Å². The molecule has 2 aromatic carbocycles. The summed E-state index contributed by atoms with van der Waals surface area (Å²) in [7, 11) is 1.40. The fraction of sp³-hybridized carbons (Fsp3) is 0.105. The van der Waals surface area contributed by atoms with E-state index in [0.717, 1.165) is 0 Å². The Balaban J connectivity index is 1.81. The minimum atomic E-state index is -0.534. The van der Waals surface area contributed by atoms with Crippen LogP contribution in [0.4, 0.5) is 23.1 Å². The van der Waals surface area contributed by atoms with Crippen molar-refractivity contribution in [3.8, 4) is 5.75 Å². The number of nitro benzene ring substituents is 1. The van der Waals surface area contributed by atoms with Crippen molar-refractivity contribution in [2.45, 2.75) is 6.54 Å². The number of ether oxygens (including phenoxy) is 1. The smallest absolute Gasteiger partial charge is 0.273 e. The summed E-state index contributed by atoms with van der Waals surface area (Å²) < 4.78 is 5.20. The van der Waals surface area contributed by atoms with Crippen LogP contribution in [0.5, 0.6) is 5.75 Å². The number of primary amides is 1. The molecule has 0 saturated heterocycles. The van der Waals surface area contributed by atoms with E-state index in [9.17, 15) is 14.9 Å². The number of hydrogen-bond acceptors (Lipinski definition) is 8. The number of nitrogens with two attached hydrogens (primary N) is 1. The van der Waals surface area contributed by atoms with Crippen LogP contribution >= 0.6 is 11.6 Å². The maximum Gasteiger partial charge on any atom is 0.273 e. The fourth-order valence-corrected chi connectivity index (χ4v) is 2.82. The van der Waals surface area contributed by atoms with Crippen molar-refractivity contribution >= 4 is 40.6 Å². The standard InChI is InChI=1S/C19H17ClN6O4/c1-30-16-8-12(26(28)29)6-7-15(16)24-19-23-10-14(20)18(25-19)22-9-11-4-2-3-5-13(11)17(21)27/h2-8,10H,9H2,1H3,(H2,21,27)(H2,22,23,24,25). The molecule has 0 atom stereocenters. The van der Waals surface area contributed by atoms with Gasteiger partial charge in [-0.25, -0.2) is 4.98 Å². The lowest BCUT2D eigenvalue weighted by Crippen LogP contribution is -2.15. The van der Waals surface area contributed by atoms with Crippen molar-refractivity contribution in [1.29, 1.82) is 0 Å². The van der Waals surface area contributed by atoms with E-state index in [1.54, 1.807) is 24.3 Å². The highest BCUT2D eigenvalue weighted by Gasteiger charge is 2.14. The predicted molar refractivity (Wildman–Crippen MR) is 112 cm³/mol. The summed E-state index contributed by atoms with van der Waals surface area (Å²) in [5.41, 5.74) is 6.81. The average molecular weight is 429 g/mol. The lowest BCUT2D eigenvalue weighted by atomic mass is 10.1. The molecule has 0 bridgehead atoms. The van der Waals surface area contributed by atoms with Crippen molar-refractivity contribution in [1.82, 2.24) is 9.97 Å². The van der Waals surface area contributed by atoms with Gasteiger partial charge in [-0.05, 0) is 17.7 Å². The molecule has 11 heteroatoms. The van der Waals surface area contributed by atoms with Crippen molar-refractivity contribution in [2.75, 3.05) is 17.7 Å². The molecule has 0 fully saturated rings. The van der Waals surface area contributed by atoms with Gasteiger partial charge in [0, 0.05) is 18.2 Å². The second-order valence-corrected chi connectivity index (χ2v) is 6.44. The number of rotatable bonds is 8. The number of methoxy groups -OCH3 is 1. The molecule has 1 aromatic heterocycles. The minimum Gasteiger partial charge on any atom is -0.494 e. The Kier molecular flexibility index (Phi) is 6.28. The number of carbonyl (C=O) groups excluding carboxylic acids is 1. The van der Waals surface area contributed by atoms with Crippen LogP contribution in [-0.2, 0) is 6.54 Å². The number of anilines is 3. The molecule has 3 rings (SSSR count). The van der Waals surface area contributed by atoms with E-state index in [4.69, 9.17) is 22.1 Å². The van der Waals surface area contributed by atoms with Gasteiger partial charge in [-0.15, -0.1) is 0 Å². The molecule has 1 heterocycles. The van der Waals surface area contributed by atoms with E-state index in [0.29, 0.717) is 22.6 Å². The molecule has 4 N–H and O–H groups in total. The number of amides is 1. The third kappa shape index (κ3) is 4.73. The molecule has 0 unspecified atom stereocenters. The lowest BCUT2D eigenvalue weighted by Gasteiger charge is -2.13. The summed E-state index contributed by atoms with van der Waals surface area (Å²) in [5.74, 6) is 0.244. The molecule has 30 heavy (non-hydrogen) atoms. The number of halogens is 1. The molecule has 1 amide bonds. The van der Waals surface area contributed by atoms with Gasteiger partial charge in [0.15, 0.2) is 5.82 Å². The highest BCUT2D eigenvalue weighted by Crippen LogP contribution is 2.31. The minimum absolute atomic E-state index is 0.107. The first-order chi connectivity index (χ1) is 14.4. The Bertz CT molecular complexity index is 1110. The van der Waals surface area contributed by atoms with Crippen LogP contribution < -0.4 is 21.1 Å². The number of nitrogens with zero attached hydrogens (tertiary/aromatic N) is 3. The van der Waals surface area contributed by atoms with Gasteiger partial charge in [-0.1, -0.05) is 29.8 Å². The molecule has 0 aliphatic rings. The number of benzene rings is 2. The Morgan fingerprint density at radius 1 is 1.30 bits per heavy atom. The molecule has 154 valence electrons. The molecule has 0 saturated carbocycles. The Morgan fingerprint density at radius 2 is 2.07 bits per heavy atom. The van der Waals surface area contributed by atoms with Crippen molar-refractivity contribution < 1.29 is 14.5 Å². The van der Waals surface area contributed by atoms with E-state index < -0.39 is 10.8 Å². The first-order valence-corrected chi connectivity index (χ1v) is 9.00. The second-order valence-electron chi connectivity index (χ2n) is 6.03. The zero-order valence-electron chi connectivity index (χ0n) is 15.8. The number of non-ortho nitro benzene ring substituents is 1. The van der Waals surface area contributed by atoms with Crippen LogP contribution in [0.25, 0.3) is 0 Å². The number of carbonyl (C=O) groups is 1. The van der Waals surface area contributed by atoms with Crippen molar-refractivity contribution in [3.05, 3.63) is 74.9 Å². The maximum absolute atomic E-state index is 11.6. The van der Waals surface area contributed by atoms with E-state index in [-0.39, 0.29) is 29.0 Å². The zero-order chi connectivity index (χ0) is 21.7. The van der Waals surface area contributed by atoms with Gasteiger partial charge in [-0.3, -0.25) is 14.9 Å². The number of aromatic nitrogens is 2. The Hall–Kier alpha value is -3.92. The van der Waals surface area contributed by atoms with Crippen LogP contribution in [-0.4, -0.2) is 27.9 Å². The van der Waals surface area contributed by atoms with Gasteiger partial charge in [-0.2, -0.15) is 4.98 Å². The molecular weight excluding hydrogens is 412 g/mol. The molecule has 0 spiro atoms. The largest absolute Gasteiger partial charge is 0.494 e. The number of nitrogens with one attached hydrogen (secondary N) is 2. The van der Waals surface area contributed by atoms with Gasteiger partial charge < -0.3 is 21.1 Å². The molecule has 0 aliphatic heterocycles. The van der Waals surface area contributed by atoms with Gasteiger partial charge in [0.1, 0.15) is 10.8 Å². The van der Waals surface area contributed by atoms with E-state index in [2.05, 4.69) is 20.6 Å². The Morgan fingerprint density at radius 3 is 2.77 bits per heavy atom. The summed E-state index contributed by atoms with van der Waals surface area (Å²) >= 11 is 6.18. The van der Waals surface area contributed by atoms with E-state index >= 15 is 0 Å². The summed E-state index contributed by atoms with van der Waals surface area (Å²) in [6.45, 7) is 0.260. The monoisotopic (exact) mass is 428 g/mol. The van der Waals surface area contributed by atoms with Gasteiger partial charge >= 0.3 is 0 Å². The Labute approximate surface area is 176 Å². The summed E-state index contributed by atoms with van der Waals surface area (Å²) in [6.07, 6.45) is 1.40. The van der Waals surface area contributed by atoms with Crippen LogP contribution in [0, 0.1) is 10.1 Å².